The predicted molar refractivity (Wildman–Crippen MR) is 139 cm³/mol. The zero-order chi connectivity index (χ0) is 22.8. The first-order valence-corrected chi connectivity index (χ1v) is 12.0. The number of hydrogen-bond acceptors (Lipinski definition) is 2. The standard InChI is InChI=1S/C27H26ClN3OS/c1-2-29-27(33)31-15-14-22-23-16-20(28)10-13-24(23)30-25(22)26(31)19-8-11-21(12-9-19)32-17-18-6-4-3-5-7-18/h3-13,16,26,30H,2,14-15,17H2,1H3,(H,29,33). The Kier molecular flexibility index (Phi) is 6.25. The summed E-state index contributed by atoms with van der Waals surface area (Å²) in [5.41, 5.74) is 5.92. The van der Waals surface area contributed by atoms with E-state index in [0.717, 1.165) is 46.5 Å². The number of nitrogens with zero attached hydrogens (tertiary/aromatic N) is 1. The van der Waals surface area contributed by atoms with Gasteiger partial charge in [-0.25, -0.2) is 0 Å². The third-order valence-electron chi connectivity index (χ3n) is 6.12. The lowest BCUT2D eigenvalue weighted by molar-refractivity contribution is 0.305. The van der Waals surface area contributed by atoms with Gasteiger partial charge in [-0.2, -0.15) is 0 Å². The van der Waals surface area contributed by atoms with Crippen molar-refractivity contribution in [3.05, 3.63) is 100 Å². The zero-order valence-electron chi connectivity index (χ0n) is 18.5. The van der Waals surface area contributed by atoms with Crippen molar-refractivity contribution in [1.29, 1.82) is 0 Å². The van der Waals surface area contributed by atoms with Crippen molar-refractivity contribution in [3.63, 3.8) is 0 Å². The average molecular weight is 476 g/mol. The van der Waals surface area contributed by atoms with Crippen LogP contribution in [0.1, 0.15) is 35.3 Å². The van der Waals surface area contributed by atoms with Gasteiger partial charge in [-0.15, -0.1) is 0 Å². The largest absolute Gasteiger partial charge is 0.489 e. The Hall–Kier alpha value is -3.02. The van der Waals surface area contributed by atoms with Crippen LogP contribution in [0.15, 0.2) is 72.8 Å². The minimum atomic E-state index is -0.00495. The van der Waals surface area contributed by atoms with Gasteiger partial charge in [0.1, 0.15) is 12.4 Å². The normalized spacial score (nSPS) is 15.3. The molecule has 1 atom stereocenters. The highest BCUT2D eigenvalue weighted by Crippen LogP contribution is 2.39. The summed E-state index contributed by atoms with van der Waals surface area (Å²) in [6, 6.07) is 24.6. The number of benzene rings is 3. The number of aromatic amines is 1. The SMILES string of the molecule is CCNC(=S)N1CCc2c([nH]c3ccc(Cl)cc23)C1c1ccc(OCc2ccccc2)cc1. The number of hydrogen-bond donors (Lipinski definition) is 2. The van der Waals surface area contributed by atoms with Crippen molar-refractivity contribution in [2.45, 2.75) is 26.0 Å². The lowest BCUT2D eigenvalue weighted by atomic mass is 9.92. The molecule has 1 aliphatic rings. The predicted octanol–water partition coefficient (Wildman–Crippen LogP) is 6.24. The molecule has 6 heteroatoms. The van der Waals surface area contributed by atoms with Crippen LogP contribution >= 0.6 is 23.8 Å². The van der Waals surface area contributed by atoms with Crippen molar-refractivity contribution in [2.24, 2.45) is 0 Å². The summed E-state index contributed by atoms with van der Waals surface area (Å²) in [5.74, 6) is 0.850. The number of halogens is 1. The van der Waals surface area contributed by atoms with Crippen LogP contribution in [-0.4, -0.2) is 28.1 Å². The lowest BCUT2D eigenvalue weighted by Crippen LogP contribution is -2.45. The molecule has 168 valence electrons. The van der Waals surface area contributed by atoms with E-state index in [2.05, 4.69) is 58.5 Å². The van der Waals surface area contributed by atoms with Gasteiger partial charge in [0.2, 0.25) is 0 Å². The molecule has 1 unspecified atom stereocenters. The maximum absolute atomic E-state index is 6.31. The topological polar surface area (TPSA) is 40.3 Å². The molecule has 0 aliphatic carbocycles. The van der Waals surface area contributed by atoms with Gasteiger partial charge < -0.3 is 19.9 Å². The van der Waals surface area contributed by atoms with E-state index < -0.39 is 0 Å². The molecule has 0 bridgehead atoms. The number of fused-ring (bicyclic) bond motifs is 3. The molecule has 5 rings (SSSR count). The van der Waals surface area contributed by atoms with Gasteiger partial charge in [0.25, 0.3) is 0 Å². The molecule has 0 saturated carbocycles. The van der Waals surface area contributed by atoms with E-state index in [0.29, 0.717) is 6.61 Å². The van der Waals surface area contributed by atoms with Crippen LogP contribution < -0.4 is 10.1 Å². The van der Waals surface area contributed by atoms with E-state index in [1.807, 2.05) is 36.4 Å². The fourth-order valence-electron chi connectivity index (χ4n) is 4.57. The van der Waals surface area contributed by atoms with Crippen molar-refractivity contribution in [3.8, 4) is 5.75 Å². The van der Waals surface area contributed by atoms with Gasteiger partial charge in [0.15, 0.2) is 5.11 Å². The van der Waals surface area contributed by atoms with E-state index in [1.165, 1.54) is 22.2 Å². The molecule has 2 heterocycles. The molecular formula is C27H26ClN3OS. The summed E-state index contributed by atoms with van der Waals surface area (Å²) in [6.07, 6.45) is 0.913. The van der Waals surface area contributed by atoms with E-state index >= 15 is 0 Å². The summed E-state index contributed by atoms with van der Waals surface area (Å²) < 4.78 is 6.00. The molecule has 1 aliphatic heterocycles. The Morgan fingerprint density at radius 3 is 2.67 bits per heavy atom. The monoisotopic (exact) mass is 475 g/mol. The minimum Gasteiger partial charge on any atom is -0.489 e. The van der Waals surface area contributed by atoms with Crippen LogP contribution in [0.5, 0.6) is 5.75 Å². The van der Waals surface area contributed by atoms with Crippen molar-refractivity contribution < 1.29 is 4.74 Å². The van der Waals surface area contributed by atoms with Gasteiger partial charge in [-0.05, 0) is 72.6 Å². The van der Waals surface area contributed by atoms with E-state index in [9.17, 15) is 0 Å². The highest BCUT2D eigenvalue weighted by atomic mass is 35.5. The van der Waals surface area contributed by atoms with Crippen LogP contribution in [0.2, 0.25) is 5.02 Å². The summed E-state index contributed by atoms with van der Waals surface area (Å²) in [7, 11) is 0. The smallest absolute Gasteiger partial charge is 0.169 e. The Morgan fingerprint density at radius 2 is 1.91 bits per heavy atom. The maximum atomic E-state index is 6.31. The number of aromatic nitrogens is 1. The zero-order valence-corrected chi connectivity index (χ0v) is 20.0. The first-order valence-electron chi connectivity index (χ1n) is 11.2. The number of nitrogens with one attached hydrogen (secondary N) is 2. The highest BCUT2D eigenvalue weighted by molar-refractivity contribution is 7.80. The first-order chi connectivity index (χ1) is 16.1. The second-order valence-electron chi connectivity index (χ2n) is 8.23. The van der Waals surface area contributed by atoms with Gasteiger partial charge in [0, 0.05) is 34.7 Å². The number of H-pyrrole nitrogens is 1. The summed E-state index contributed by atoms with van der Waals surface area (Å²) >= 11 is 12.1. The van der Waals surface area contributed by atoms with Crippen molar-refractivity contribution in [1.82, 2.24) is 15.2 Å². The third-order valence-corrected chi connectivity index (χ3v) is 6.74. The summed E-state index contributed by atoms with van der Waals surface area (Å²) in [4.78, 5) is 5.94. The molecule has 1 aromatic heterocycles. The van der Waals surface area contributed by atoms with E-state index in [1.54, 1.807) is 0 Å². The van der Waals surface area contributed by atoms with Crippen LogP contribution in [0.3, 0.4) is 0 Å². The lowest BCUT2D eigenvalue weighted by Gasteiger charge is -2.38. The molecule has 0 spiro atoms. The number of thiocarbonyl (C=S) groups is 1. The van der Waals surface area contributed by atoms with Gasteiger partial charge >= 0.3 is 0 Å². The molecule has 33 heavy (non-hydrogen) atoms. The molecule has 0 radical (unpaired) electrons. The highest BCUT2D eigenvalue weighted by Gasteiger charge is 2.33. The van der Waals surface area contributed by atoms with Crippen LogP contribution in [-0.2, 0) is 13.0 Å². The second kappa shape index (κ2) is 9.46. The molecule has 2 N–H and O–H groups in total. The average Bonchev–Trinajstić information content (AvgIpc) is 3.21. The molecule has 4 nitrogen and oxygen atoms in total. The van der Waals surface area contributed by atoms with Gasteiger partial charge in [0.05, 0.1) is 6.04 Å². The number of rotatable bonds is 5. The van der Waals surface area contributed by atoms with Crippen LogP contribution in [0, 0.1) is 0 Å². The van der Waals surface area contributed by atoms with Gasteiger partial charge in [-0.1, -0.05) is 54.1 Å². The van der Waals surface area contributed by atoms with Crippen LogP contribution in [0.25, 0.3) is 10.9 Å². The quantitative estimate of drug-likeness (QED) is 0.335. The summed E-state index contributed by atoms with van der Waals surface area (Å²) in [6.45, 7) is 4.26. The van der Waals surface area contributed by atoms with Gasteiger partial charge in [-0.3, -0.25) is 0 Å². The fourth-order valence-corrected chi connectivity index (χ4v) is 5.08. The number of ether oxygens (including phenoxy) is 1. The molecular weight excluding hydrogens is 450 g/mol. The van der Waals surface area contributed by atoms with Crippen molar-refractivity contribution >= 4 is 39.8 Å². The minimum absolute atomic E-state index is 0.00495. The fraction of sp³-hybridized carbons (Fsp3) is 0.222. The molecule has 0 fully saturated rings. The van der Waals surface area contributed by atoms with Crippen LogP contribution in [0.4, 0.5) is 0 Å². The molecule has 0 amide bonds. The first kappa shape index (κ1) is 21.8. The maximum Gasteiger partial charge on any atom is 0.169 e. The van der Waals surface area contributed by atoms with E-state index in [-0.39, 0.29) is 6.04 Å². The Morgan fingerprint density at radius 1 is 1.12 bits per heavy atom. The molecule has 4 aromatic rings. The third kappa shape index (κ3) is 4.43. The molecule has 0 saturated heterocycles. The summed E-state index contributed by atoms with van der Waals surface area (Å²) in [5, 5.41) is 6.06. The Balaban J connectivity index is 1.48. The Labute approximate surface area is 204 Å². The van der Waals surface area contributed by atoms with Crippen molar-refractivity contribution in [2.75, 3.05) is 13.1 Å². The van der Waals surface area contributed by atoms with E-state index in [4.69, 9.17) is 28.6 Å². The molecule has 3 aromatic carbocycles. The Bertz CT molecular complexity index is 1270. The second-order valence-corrected chi connectivity index (χ2v) is 9.05.